The average molecular weight is 766 g/mol. The minimum Gasteiger partial charge on any atom is -0.309 e. The molecule has 2 saturated carbocycles. The van der Waals surface area contributed by atoms with E-state index in [-0.39, 0.29) is 10.8 Å². The molecule has 1 heteroatoms. The van der Waals surface area contributed by atoms with Crippen LogP contribution in [-0.4, -0.2) is 0 Å². The fraction of sp³-hybridized carbons (Fsp3) is 0.153. The number of nitrogens with zero attached hydrogens (tertiary/aromatic N) is 1. The fourth-order valence-electron chi connectivity index (χ4n) is 13.5. The second-order valence-electron chi connectivity index (χ2n) is 18.5. The van der Waals surface area contributed by atoms with Gasteiger partial charge in [0.2, 0.25) is 0 Å². The van der Waals surface area contributed by atoms with Crippen LogP contribution in [0.15, 0.2) is 182 Å². The molecule has 2 fully saturated rings. The van der Waals surface area contributed by atoms with Crippen LogP contribution in [0.4, 0.5) is 17.1 Å². The van der Waals surface area contributed by atoms with E-state index in [0.29, 0.717) is 0 Å². The monoisotopic (exact) mass is 765 g/mol. The van der Waals surface area contributed by atoms with Crippen molar-refractivity contribution in [2.45, 2.75) is 43.4 Å². The standard InChI is InChI=1S/C59H43N/c1-58-49-21-6-4-14-44(49)47-20-11-25-55(57(47)58)60(54-31-29-40(34-52(54)58)39-28-27-37-12-2-3-13-38(37)33-39)53-24-10-17-42-43(16-8-18-45(42)53)46-19-9-23-51-56(46)48-15-5-7-22-50(48)59(51)35-36-26-30-41(59)32-36/h2-25,27-29,31,33-34,36,41H,26,30,32,35H2,1H3/t36?,41-,58?,59?/m0/s1. The molecule has 4 atom stereocenters. The molecule has 2 bridgehead atoms. The van der Waals surface area contributed by atoms with Crippen molar-refractivity contribution in [3.05, 3.63) is 210 Å². The Labute approximate surface area is 351 Å². The van der Waals surface area contributed by atoms with Gasteiger partial charge in [-0.05, 0) is 157 Å². The zero-order valence-electron chi connectivity index (χ0n) is 33.8. The minimum atomic E-state index is -0.315. The molecule has 4 aliphatic carbocycles. The molecule has 9 aromatic rings. The predicted octanol–water partition coefficient (Wildman–Crippen LogP) is 15.5. The van der Waals surface area contributed by atoms with Gasteiger partial charge in [-0.25, -0.2) is 0 Å². The number of anilines is 3. The van der Waals surface area contributed by atoms with Gasteiger partial charge < -0.3 is 4.90 Å². The van der Waals surface area contributed by atoms with E-state index in [1.807, 2.05) is 0 Å². The van der Waals surface area contributed by atoms with Crippen molar-refractivity contribution in [3.63, 3.8) is 0 Å². The molecule has 0 saturated heterocycles. The Hall–Kier alpha value is -6.70. The minimum absolute atomic E-state index is 0.154. The highest BCUT2D eigenvalue weighted by molar-refractivity contribution is 6.10. The van der Waals surface area contributed by atoms with E-state index in [9.17, 15) is 0 Å². The summed E-state index contributed by atoms with van der Waals surface area (Å²) in [6.07, 6.45) is 5.43. The van der Waals surface area contributed by atoms with Gasteiger partial charge in [0, 0.05) is 16.2 Å². The quantitative estimate of drug-likeness (QED) is 0.173. The van der Waals surface area contributed by atoms with Gasteiger partial charge in [0.1, 0.15) is 0 Å². The maximum atomic E-state index is 2.59. The zero-order chi connectivity index (χ0) is 39.3. The van der Waals surface area contributed by atoms with Crippen molar-refractivity contribution in [3.8, 4) is 44.5 Å². The van der Waals surface area contributed by atoms with Crippen LogP contribution in [0, 0.1) is 11.8 Å². The Morgan fingerprint density at radius 1 is 0.450 bits per heavy atom. The average Bonchev–Trinajstić information content (AvgIpc) is 4.06. The van der Waals surface area contributed by atoms with Crippen LogP contribution in [0.1, 0.15) is 60.4 Å². The number of benzene rings is 9. The molecule has 284 valence electrons. The SMILES string of the molecule is CC12c3ccccc3-c3cccc(c31)N(c1cccc3c(-c4cccc5c4-c4ccccc4C54CC5CC[C@H]4C5)cccc13)c1ccc(-c3ccc4ccccc4c3)cc12. The van der Waals surface area contributed by atoms with Crippen LogP contribution in [-0.2, 0) is 10.8 Å². The first-order valence-electron chi connectivity index (χ1n) is 22.0. The molecular weight excluding hydrogens is 723 g/mol. The summed E-state index contributed by atoms with van der Waals surface area (Å²) < 4.78 is 0. The van der Waals surface area contributed by atoms with E-state index in [1.165, 1.54) is 125 Å². The first-order valence-corrected chi connectivity index (χ1v) is 22.0. The molecule has 1 spiro atoms. The third-order valence-corrected chi connectivity index (χ3v) is 15.9. The number of hydrogen-bond donors (Lipinski definition) is 0. The van der Waals surface area contributed by atoms with Crippen molar-refractivity contribution in [1.82, 2.24) is 0 Å². The van der Waals surface area contributed by atoms with E-state index < -0.39 is 0 Å². The van der Waals surface area contributed by atoms with Gasteiger partial charge in [0.15, 0.2) is 0 Å². The lowest BCUT2D eigenvalue weighted by Crippen LogP contribution is -2.32. The van der Waals surface area contributed by atoms with Crippen molar-refractivity contribution in [1.29, 1.82) is 0 Å². The molecule has 0 amide bonds. The van der Waals surface area contributed by atoms with Crippen LogP contribution in [0.3, 0.4) is 0 Å². The molecule has 9 aromatic carbocycles. The smallest absolute Gasteiger partial charge is 0.0540 e. The van der Waals surface area contributed by atoms with Gasteiger partial charge in [0.05, 0.1) is 17.1 Å². The molecular formula is C59H43N. The predicted molar refractivity (Wildman–Crippen MR) is 250 cm³/mol. The lowest BCUT2D eigenvalue weighted by atomic mass is 9.66. The van der Waals surface area contributed by atoms with Crippen LogP contribution < -0.4 is 4.90 Å². The molecule has 60 heavy (non-hydrogen) atoms. The summed E-state index contributed by atoms with van der Waals surface area (Å²) in [5, 5.41) is 5.11. The Morgan fingerprint density at radius 2 is 1.12 bits per heavy atom. The molecule has 0 radical (unpaired) electrons. The van der Waals surface area contributed by atoms with E-state index in [0.717, 1.165) is 11.8 Å². The molecule has 0 aromatic heterocycles. The highest BCUT2D eigenvalue weighted by atomic mass is 15.2. The van der Waals surface area contributed by atoms with Crippen LogP contribution >= 0.6 is 0 Å². The fourth-order valence-corrected chi connectivity index (χ4v) is 13.5. The summed E-state index contributed by atoms with van der Waals surface area (Å²) in [5.74, 6) is 1.59. The molecule has 1 nitrogen and oxygen atoms in total. The second kappa shape index (κ2) is 11.7. The summed E-state index contributed by atoms with van der Waals surface area (Å²) in [5.41, 5.74) is 21.6. The Balaban J connectivity index is 0.999. The van der Waals surface area contributed by atoms with Gasteiger partial charge in [0.25, 0.3) is 0 Å². The summed E-state index contributed by atoms with van der Waals surface area (Å²) in [4.78, 5) is 2.59. The largest absolute Gasteiger partial charge is 0.309 e. The van der Waals surface area contributed by atoms with Crippen LogP contribution in [0.5, 0.6) is 0 Å². The van der Waals surface area contributed by atoms with E-state index in [2.05, 4.69) is 194 Å². The summed E-state index contributed by atoms with van der Waals surface area (Å²) in [6.45, 7) is 2.47. The summed E-state index contributed by atoms with van der Waals surface area (Å²) in [6, 6.07) is 69.7. The normalized spacial score (nSPS) is 22.2. The maximum Gasteiger partial charge on any atom is 0.0540 e. The highest BCUT2D eigenvalue weighted by Gasteiger charge is 2.57. The summed E-state index contributed by atoms with van der Waals surface area (Å²) in [7, 11) is 0. The van der Waals surface area contributed by atoms with Gasteiger partial charge in [-0.15, -0.1) is 0 Å². The molecule has 1 aliphatic heterocycles. The van der Waals surface area contributed by atoms with Crippen molar-refractivity contribution < 1.29 is 0 Å². The van der Waals surface area contributed by atoms with Gasteiger partial charge in [-0.3, -0.25) is 0 Å². The molecule has 1 heterocycles. The van der Waals surface area contributed by atoms with Gasteiger partial charge in [-0.2, -0.15) is 0 Å². The van der Waals surface area contributed by atoms with E-state index in [4.69, 9.17) is 0 Å². The van der Waals surface area contributed by atoms with E-state index >= 15 is 0 Å². The second-order valence-corrected chi connectivity index (χ2v) is 18.5. The van der Waals surface area contributed by atoms with Gasteiger partial charge in [-0.1, -0.05) is 158 Å². The zero-order valence-corrected chi connectivity index (χ0v) is 33.8. The number of fused-ring (bicyclic) bond motifs is 15. The maximum absolute atomic E-state index is 2.59. The van der Waals surface area contributed by atoms with E-state index in [1.54, 1.807) is 11.1 Å². The molecule has 0 N–H and O–H groups in total. The number of hydrogen-bond acceptors (Lipinski definition) is 1. The first-order chi connectivity index (χ1) is 29.6. The van der Waals surface area contributed by atoms with Crippen LogP contribution in [0.2, 0.25) is 0 Å². The topological polar surface area (TPSA) is 3.24 Å². The van der Waals surface area contributed by atoms with Crippen molar-refractivity contribution in [2.75, 3.05) is 4.90 Å². The molecule has 5 aliphatic rings. The van der Waals surface area contributed by atoms with Gasteiger partial charge >= 0.3 is 0 Å². The van der Waals surface area contributed by atoms with Crippen molar-refractivity contribution >= 4 is 38.6 Å². The first kappa shape index (κ1) is 33.2. The number of rotatable bonds is 3. The summed E-state index contributed by atoms with van der Waals surface area (Å²) >= 11 is 0. The lowest BCUT2D eigenvalue weighted by molar-refractivity contribution is 0.327. The highest BCUT2D eigenvalue weighted by Crippen LogP contribution is 2.67. The third kappa shape index (κ3) is 4.08. The third-order valence-electron chi connectivity index (χ3n) is 15.9. The molecule has 14 rings (SSSR count). The Kier molecular flexibility index (Phi) is 6.49. The van der Waals surface area contributed by atoms with Crippen LogP contribution in [0.25, 0.3) is 66.1 Å². The lowest BCUT2D eigenvalue weighted by Gasteiger charge is -2.43. The Morgan fingerprint density at radius 3 is 2.00 bits per heavy atom. The Bertz CT molecular complexity index is 3330. The molecule has 3 unspecified atom stereocenters. The van der Waals surface area contributed by atoms with Crippen molar-refractivity contribution in [2.24, 2.45) is 11.8 Å².